The van der Waals surface area contributed by atoms with Crippen LogP contribution in [0.3, 0.4) is 0 Å². The lowest BCUT2D eigenvalue weighted by Crippen LogP contribution is -2.35. The Kier molecular flexibility index (Phi) is 3.80. The lowest BCUT2D eigenvalue weighted by atomic mass is 10.3. The fourth-order valence-electron chi connectivity index (χ4n) is 2.01. The maximum absolute atomic E-state index is 12.1. The van der Waals surface area contributed by atoms with Gasteiger partial charge in [-0.1, -0.05) is 12.1 Å². The second kappa shape index (κ2) is 5.11. The van der Waals surface area contributed by atoms with E-state index in [2.05, 4.69) is 4.72 Å². The number of nitrogens with one attached hydrogen (secondary N) is 1. The molecule has 10 heteroatoms. The van der Waals surface area contributed by atoms with Crippen LogP contribution in [0.15, 0.2) is 29.2 Å². The zero-order valence-corrected chi connectivity index (χ0v) is 11.9. The first-order chi connectivity index (χ1) is 9.21. The molecule has 110 valence electrons. The lowest BCUT2D eigenvalue weighted by Gasteiger charge is -2.11. The average Bonchev–Trinajstić information content (AvgIpc) is 2.68. The minimum absolute atomic E-state index is 0.0862. The van der Waals surface area contributed by atoms with Crippen LogP contribution in [-0.2, 0) is 19.9 Å². The molecule has 1 atom stereocenters. The van der Waals surface area contributed by atoms with E-state index in [0.29, 0.717) is 0 Å². The van der Waals surface area contributed by atoms with Crippen molar-refractivity contribution in [1.82, 2.24) is 4.72 Å². The van der Waals surface area contributed by atoms with E-state index in [1.165, 1.54) is 12.1 Å². The van der Waals surface area contributed by atoms with E-state index in [9.17, 15) is 26.9 Å². The first-order valence-corrected chi connectivity index (χ1v) is 8.98. The molecule has 0 amide bonds. The molecule has 0 aromatic heterocycles. The van der Waals surface area contributed by atoms with Crippen LogP contribution in [0.4, 0.5) is 5.69 Å². The molecule has 1 saturated heterocycles. The first-order valence-electron chi connectivity index (χ1n) is 5.67. The number of sulfone groups is 1. The van der Waals surface area contributed by atoms with E-state index < -0.39 is 41.4 Å². The Balaban J connectivity index is 2.30. The fraction of sp³-hybridized carbons (Fsp3) is 0.400. The highest BCUT2D eigenvalue weighted by atomic mass is 32.2. The number of para-hydroxylation sites is 1. The first kappa shape index (κ1) is 14.9. The van der Waals surface area contributed by atoms with Crippen molar-refractivity contribution in [3.63, 3.8) is 0 Å². The van der Waals surface area contributed by atoms with E-state index in [0.717, 1.165) is 12.1 Å². The van der Waals surface area contributed by atoms with E-state index in [1.807, 2.05) is 0 Å². The van der Waals surface area contributed by atoms with E-state index >= 15 is 0 Å². The molecule has 0 unspecified atom stereocenters. The molecule has 1 aliphatic rings. The van der Waals surface area contributed by atoms with Gasteiger partial charge >= 0.3 is 0 Å². The minimum Gasteiger partial charge on any atom is -0.258 e. The second-order valence-electron chi connectivity index (χ2n) is 4.45. The molecule has 0 bridgehead atoms. The zero-order chi connectivity index (χ0) is 15.0. The molecular formula is C10H12N2O6S2. The Morgan fingerprint density at radius 1 is 1.30 bits per heavy atom. The summed E-state index contributed by atoms with van der Waals surface area (Å²) in [6, 6.07) is 4.18. The summed E-state index contributed by atoms with van der Waals surface area (Å²) < 4.78 is 49.0. The van der Waals surface area contributed by atoms with Gasteiger partial charge in [0.25, 0.3) is 5.69 Å². The van der Waals surface area contributed by atoms with Gasteiger partial charge in [0, 0.05) is 12.1 Å². The summed E-state index contributed by atoms with van der Waals surface area (Å²) in [6.45, 7) is 0. The third kappa shape index (κ3) is 3.14. The van der Waals surface area contributed by atoms with Gasteiger partial charge < -0.3 is 0 Å². The van der Waals surface area contributed by atoms with Crippen LogP contribution in [0.25, 0.3) is 0 Å². The molecule has 2 rings (SSSR count). The quantitative estimate of drug-likeness (QED) is 0.618. The number of rotatable bonds is 4. The summed E-state index contributed by atoms with van der Waals surface area (Å²) in [6.07, 6.45) is 0.169. The zero-order valence-electron chi connectivity index (χ0n) is 10.2. The lowest BCUT2D eigenvalue weighted by molar-refractivity contribution is -0.387. The van der Waals surface area contributed by atoms with Crippen molar-refractivity contribution >= 4 is 25.5 Å². The van der Waals surface area contributed by atoms with Crippen molar-refractivity contribution in [3.05, 3.63) is 34.4 Å². The highest BCUT2D eigenvalue weighted by Gasteiger charge is 2.33. The summed E-state index contributed by atoms with van der Waals surface area (Å²) in [7, 11) is -7.36. The van der Waals surface area contributed by atoms with Crippen molar-refractivity contribution in [2.75, 3.05) is 11.5 Å². The molecule has 0 aliphatic carbocycles. The van der Waals surface area contributed by atoms with Crippen LogP contribution in [0.2, 0.25) is 0 Å². The fourth-order valence-corrected chi connectivity index (χ4v) is 5.23. The molecule has 1 N–H and O–H groups in total. The highest BCUT2D eigenvalue weighted by molar-refractivity contribution is 7.92. The van der Waals surface area contributed by atoms with Crippen LogP contribution in [0.1, 0.15) is 6.42 Å². The summed E-state index contributed by atoms with van der Waals surface area (Å²) in [5.74, 6) is -0.371. The molecule has 1 heterocycles. The number of nitro groups is 1. The normalized spacial score (nSPS) is 21.7. The topological polar surface area (TPSA) is 123 Å². The summed E-state index contributed by atoms with van der Waals surface area (Å²) >= 11 is 0. The number of nitro benzene ring substituents is 1. The predicted molar refractivity (Wildman–Crippen MR) is 70.5 cm³/mol. The maximum Gasteiger partial charge on any atom is 0.289 e. The predicted octanol–water partition coefficient (Wildman–Crippen LogP) is 0.0602. The molecule has 1 aromatic rings. The smallest absolute Gasteiger partial charge is 0.258 e. The Morgan fingerprint density at radius 3 is 2.50 bits per heavy atom. The van der Waals surface area contributed by atoms with Crippen LogP contribution in [-0.4, -0.2) is 39.3 Å². The Hall–Kier alpha value is -1.52. The minimum atomic E-state index is -4.13. The molecular weight excluding hydrogens is 308 g/mol. The summed E-state index contributed by atoms with van der Waals surface area (Å²) in [5.41, 5.74) is -0.541. The van der Waals surface area contributed by atoms with Crippen molar-refractivity contribution in [2.45, 2.75) is 17.4 Å². The molecule has 0 radical (unpaired) electrons. The summed E-state index contributed by atoms with van der Waals surface area (Å²) in [4.78, 5) is 9.57. The number of sulfonamides is 1. The van der Waals surface area contributed by atoms with Crippen molar-refractivity contribution in [2.24, 2.45) is 0 Å². The molecule has 20 heavy (non-hydrogen) atoms. The average molecular weight is 320 g/mol. The number of hydrogen-bond acceptors (Lipinski definition) is 6. The van der Waals surface area contributed by atoms with Crippen LogP contribution in [0.5, 0.6) is 0 Å². The van der Waals surface area contributed by atoms with E-state index in [4.69, 9.17) is 0 Å². The van der Waals surface area contributed by atoms with Crippen LogP contribution in [0, 0.1) is 10.1 Å². The number of hydrogen-bond donors (Lipinski definition) is 1. The third-order valence-corrected chi connectivity index (χ3v) is 6.24. The standard InChI is InChI=1S/C10H12N2O6S2/c13-12(14)9-3-1-2-4-10(9)20(17,18)11-8-5-6-19(15,16)7-8/h1-4,8,11H,5-7H2/t8-/m1/s1. The van der Waals surface area contributed by atoms with Gasteiger partial charge in [-0.25, -0.2) is 21.6 Å². The molecule has 1 aliphatic heterocycles. The number of nitrogens with zero attached hydrogens (tertiary/aromatic N) is 1. The van der Waals surface area contributed by atoms with Gasteiger partial charge in [-0.2, -0.15) is 0 Å². The molecule has 1 fully saturated rings. The Labute approximate surface area is 115 Å². The molecule has 1 aromatic carbocycles. The summed E-state index contributed by atoms with van der Waals surface area (Å²) in [5, 5.41) is 10.8. The second-order valence-corrected chi connectivity index (χ2v) is 8.36. The van der Waals surface area contributed by atoms with Gasteiger partial charge in [-0.15, -0.1) is 0 Å². The monoisotopic (exact) mass is 320 g/mol. The van der Waals surface area contributed by atoms with E-state index in [-0.39, 0.29) is 17.9 Å². The SMILES string of the molecule is O=[N+]([O-])c1ccccc1S(=O)(=O)N[C@@H]1CCS(=O)(=O)C1. The Bertz CT molecular complexity index is 741. The van der Waals surface area contributed by atoms with Gasteiger partial charge in [0.2, 0.25) is 10.0 Å². The van der Waals surface area contributed by atoms with Crippen molar-refractivity contribution in [1.29, 1.82) is 0 Å². The van der Waals surface area contributed by atoms with Gasteiger partial charge in [-0.3, -0.25) is 10.1 Å². The Morgan fingerprint density at radius 2 is 1.95 bits per heavy atom. The number of benzene rings is 1. The maximum atomic E-state index is 12.1. The van der Waals surface area contributed by atoms with Gasteiger partial charge in [-0.05, 0) is 12.5 Å². The van der Waals surface area contributed by atoms with E-state index in [1.54, 1.807) is 0 Å². The van der Waals surface area contributed by atoms with Gasteiger partial charge in [0.05, 0.1) is 16.4 Å². The van der Waals surface area contributed by atoms with Crippen LogP contribution >= 0.6 is 0 Å². The molecule has 0 saturated carbocycles. The third-order valence-electron chi connectivity index (χ3n) is 2.91. The van der Waals surface area contributed by atoms with Crippen LogP contribution < -0.4 is 4.72 Å². The van der Waals surface area contributed by atoms with Gasteiger partial charge in [0.1, 0.15) is 0 Å². The van der Waals surface area contributed by atoms with Crippen molar-refractivity contribution in [3.8, 4) is 0 Å². The molecule has 8 nitrogen and oxygen atoms in total. The van der Waals surface area contributed by atoms with Crippen molar-refractivity contribution < 1.29 is 21.8 Å². The molecule has 0 spiro atoms. The largest absolute Gasteiger partial charge is 0.289 e. The highest BCUT2D eigenvalue weighted by Crippen LogP contribution is 2.24. The van der Waals surface area contributed by atoms with Gasteiger partial charge in [0.15, 0.2) is 14.7 Å².